The van der Waals surface area contributed by atoms with Crippen LogP contribution in [-0.4, -0.2) is 12.8 Å². The highest BCUT2D eigenvalue weighted by molar-refractivity contribution is 7.16. The predicted octanol–water partition coefficient (Wildman–Crippen LogP) is 6.09. The Labute approximate surface area is 149 Å². The molecule has 0 radical (unpaired) electrons. The van der Waals surface area contributed by atoms with E-state index in [9.17, 15) is 0 Å². The number of thiophene rings is 1. The molecule has 0 bridgehead atoms. The van der Waals surface area contributed by atoms with E-state index < -0.39 is 0 Å². The lowest BCUT2D eigenvalue weighted by Gasteiger charge is -2.25. The molecule has 1 fully saturated rings. The summed E-state index contributed by atoms with van der Waals surface area (Å²) in [4.78, 5) is 1.45. The Hall–Kier alpha value is -0.800. The van der Waals surface area contributed by atoms with Crippen molar-refractivity contribution in [2.75, 3.05) is 7.05 Å². The lowest BCUT2D eigenvalue weighted by Crippen LogP contribution is -2.15. The molecule has 1 heterocycles. The fourth-order valence-corrected chi connectivity index (χ4v) is 5.00. The largest absolute Gasteiger partial charge is 0.394 e. The van der Waals surface area contributed by atoms with Crippen LogP contribution in [0.15, 0.2) is 24.4 Å². The van der Waals surface area contributed by atoms with Crippen molar-refractivity contribution >= 4 is 28.6 Å². The van der Waals surface area contributed by atoms with Gasteiger partial charge in [-0.2, -0.15) is 0 Å². The van der Waals surface area contributed by atoms with E-state index >= 15 is 0 Å². The number of hydrogen-bond acceptors (Lipinski definition) is 3. The molecular weight excluding hydrogens is 324 g/mol. The van der Waals surface area contributed by atoms with Gasteiger partial charge in [-0.05, 0) is 73.8 Å². The summed E-state index contributed by atoms with van der Waals surface area (Å²) >= 11 is 7.91. The molecule has 0 amide bonds. The van der Waals surface area contributed by atoms with E-state index in [1.54, 1.807) is 11.3 Å². The molecule has 4 heteroatoms. The Bertz CT molecular complexity index is 537. The van der Waals surface area contributed by atoms with Crippen molar-refractivity contribution < 1.29 is 0 Å². The van der Waals surface area contributed by atoms with E-state index in [1.165, 1.54) is 24.1 Å². The highest BCUT2D eigenvalue weighted by atomic mass is 35.5. The zero-order chi connectivity index (χ0) is 16.8. The first-order valence-corrected chi connectivity index (χ1v) is 9.87. The number of halogens is 1. The summed E-state index contributed by atoms with van der Waals surface area (Å²) < 4.78 is 0.903. The quantitative estimate of drug-likeness (QED) is 0.471. The van der Waals surface area contributed by atoms with Crippen molar-refractivity contribution in [2.24, 2.45) is 17.8 Å². The first-order chi connectivity index (χ1) is 11.0. The topological polar surface area (TPSA) is 35.9 Å². The van der Waals surface area contributed by atoms with E-state index in [4.69, 9.17) is 17.0 Å². The Morgan fingerprint density at radius 1 is 1.35 bits per heavy atom. The van der Waals surface area contributed by atoms with Gasteiger partial charge in [-0.3, -0.25) is 0 Å². The van der Waals surface area contributed by atoms with Crippen molar-refractivity contribution in [1.29, 1.82) is 5.41 Å². The molecule has 128 valence electrons. The van der Waals surface area contributed by atoms with E-state index in [0.717, 1.165) is 34.7 Å². The molecule has 4 atom stereocenters. The Morgan fingerprint density at radius 2 is 2.09 bits per heavy atom. The van der Waals surface area contributed by atoms with Crippen LogP contribution < -0.4 is 5.32 Å². The van der Waals surface area contributed by atoms with Crippen LogP contribution in [0.2, 0.25) is 4.34 Å². The maximum absolute atomic E-state index is 8.05. The molecule has 0 saturated heterocycles. The second kappa shape index (κ2) is 8.89. The molecule has 0 spiro atoms. The van der Waals surface area contributed by atoms with Gasteiger partial charge in [-0.1, -0.05) is 31.9 Å². The minimum absolute atomic E-state index is 0.629. The van der Waals surface area contributed by atoms with Gasteiger partial charge in [-0.25, -0.2) is 0 Å². The van der Waals surface area contributed by atoms with Gasteiger partial charge in [0.1, 0.15) is 0 Å². The molecular formula is C19H29ClN2S. The summed E-state index contributed by atoms with van der Waals surface area (Å²) in [6, 6.07) is 4.26. The van der Waals surface area contributed by atoms with Gasteiger partial charge in [0.05, 0.1) is 4.34 Å². The van der Waals surface area contributed by atoms with Gasteiger partial charge in [0.15, 0.2) is 0 Å². The highest BCUT2D eigenvalue weighted by Gasteiger charge is 2.31. The van der Waals surface area contributed by atoms with Crippen molar-refractivity contribution in [3.05, 3.63) is 33.6 Å². The van der Waals surface area contributed by atoms with Gasteiger partial charge < -0.3 is 10.7 Å². The first kappa shape index (κ1) is 18.5. The molecule has 0 aliphatic heterocycles. The van der Waals surface area contributed by atoms with E-state index in [1.807, 2.05) is 25.4 Å². The van der Waals surface area contributed by atoms with Crippen molar-refractivity contribution in [1.82, 2.24) is 5.32 Å². The van der Waals surface area contributed by atoms with Crippen LogP contribution in [0, 0.1) is 23.2 Å². The van der Waals surface area contributed by atoms with E-state index in [0.29, 0.717) is 11.8 Å². The molecule has 2 unspecified atom stereocenters. The molecule has 2 rings (SSSR count). The van der Waals surface area contributed by atoms with Crippen LogP contribution in [0.5, 0.6) is 0 Å². The van der Waals surface area contributed by atoms with Crippen molar-refractivity contribution in [3.63, 3.8) is 0 Å². The summed E-state index contributed by atoms with van der Waals surface area (Å²) in [7, 11) is 1.87. The molecule has 1 aromatic rings. The zero-order valence-corrected chi connectivity index (χ0v) is 16.0. The molecule has 1 aliphatic carbocycles. The second-order valence-corrected chi connectivity index (χ2v) is 8.71. The number of nitrogens with one attached hydrogen (secondary N) is 2. The maximum Gasteiger partial charge on any atom is 0.0931 e. The maximum atomic E-state index is 8.05. The van der Waals surface area contributed by atoms with Crippen LogP contribution >= 0.6 is 22.9 Å². The fraction of sp³-hybridized carbons (Fsp3) is 0.632. The van der Waals surface area contributed by atoms with Crippen LogP contribution in [0.1, 0.15) is 56.7 Å². The summed E-state index contributed by atoms with van der Waals surface area (Å²) in [5.74, 6) is 2.80. The molecule has 23 heavy (non-hydrogen) atoms. The molecule has 2 N–H and O–H groups in total. The van der Waals surface area contributed by atoms with Gasteiger partial charge >= 0.3 is 0 Å². The van der Waals surface area contributed by atoms with Gasteiger partial charge in [0.2, 0.25) is 0 Å². The molecule has 1 aliphatic rings. The predicted molar refractivity (Wildman–Crippen MR) is 103 cm³/mol. The SMILES string of the molecule is CN/C=C\C(=N)CCC1C[C@@H](c2ccc(Cl)s2)[C@H](C)CCC1C. The number of hydrogen-bond donors (Lipinski definition) is 2. The average Bonchev–Trinajstić information content (AvgIpc) is 2.90. The van der Waals surface area contributed by atoms with Crippen molar-refractivity contribution in [2.45, 2.75) is 51.9 Å². The van der Waals surface area contributed by atoms with Gasteiger partial charge in [0, 0.05) is 17.6 Å². The van der Waals surface area contributed by atoms with E-state index in [2.05, 4.69) is 25.2 Å². The molecule has 1 aromatic heterocycles. The zero-order valence-electron chi connectivity index (χ0n) is 14.4. The third-order valence-corrected chi connectivity index (χ3v) is 6.68. The van der Waals surface area contributed by atoms with Crippen molar-refractivity contribution in [3.8, 4) is 0 Å². The summed E-state index contributed by atoms with van der Waals surface area (Å²) in [6.07, 6.45) is 9.56. The lowest BCUT2D eigenvalue weighted by molar-refractivity contribution is 0.311. The second-order valence-electron chi connectivity index (χ2n) is 6.96. The Morgan fingerprint density at radius 3 is 2.74 bits per heavy atom. The molecule has 2 nitrogen and oxygen atoms in total. The Kier molecular flexibility index (Phi) is 7.16. The number of allylic oxidation sites excluding steroid dienone is 1. The molecule has 1 saturated carbocycles. The lowest BCUT2D eigenvalue weighted by atomic mass is 9.81. The van der Waals surface area contributed by atoms with Crippen LogP contribution in [0.3, 0.4) is 0 Å². The standard InChI is InChI=1S/C19H29ClN2S/c1-13-4-5-14(2)17(18-8-9-19(20)23-18)12-15(13)6-7-16(21)10-11-22-3/h8-11,13-15,17,21-22H,4-7,12H2,1-3H3/b11-10-,21-16?/t13?,14-,15?,17-/m1/s1. The third kappa shape index (κ3) is 5.36. The van der Waals surface area contributed by atoms with Crippen LogP contribution in [0.25, 0.3) is 0 Å². The molecule has 0 aromatic carbocycles. The van der Waals surface area contributed by atoms with Crippen LogP contribution in [0.4, 0.5) is 0 Å². The Balaban J connectivity index is 2.02. The fourth-order valence-electron chi connectivity index (χ4n) is 3.69. The van der Waals surface area contributed by atoms with Gasteiger partial charge in [-0.15, -0.1) is 11.3 Å². The summed E-state index contributed by atoms with van der Waals surface area (Å²) in [6.45, 7) is 4.79. The normalized spacial score (nSPS) is 28.7. The average molecular weight is 353 g/mol. The summed E-state index contributed by atoms with van der Waals surface area (Å²) in [5.41, 5.74) is 0.722. The number of rotatable bonds is 6. The van der Waals surface area contributed by atoms with Gasteiger partial charge in [0.25, 0.3) is 0 Å². The van der Waals surface area contributed by atoms with E-state index in [-0.39, 0.29) is 0 Å². The first-order valence-electron chi connectivity index (χ1n) is 8.67. The highest BCUT2D eigenvalue weighted by Crippen LogP contribution is 2.45. The van der Waals surface area contributed by atoms with Crippen LogP contribution in [-0.2, 0) is 0 Å². The minimum Gasteiger partial charge on any atom is -0.394 e. The smallest absolute Gasteiger partial charge is 0.0931 e. The summed E-state index contributed by atoms with van der Waals surface area (Å²) in [5, 5.41) is 11.0. The third-order valence-electron chi connectivity index (χ3n) is 5.32. The minimum atomic E-state index is 0.629. The monoisotopic (exact) mass is 352 g/mol.